The summed E-state index contributed by atoms with van der Waals surface area (Å²) in [7, 11) is 0. The lowest BCUT2D eigenvalue weighted by molar-refractivity contribution is 0.870. The molecule has 4 nitrogen and oxygen atoms in total. The van der Waals surface area contributed by atoms with Crippen LogP contribution in [0.15, 0.2) is 35.4 Å². The number of nitrogens with zero attached hydrogens (tertiary/aromatic N) is 2. The molecule has 2 aromatic rings. The van der Waals surface area contributed by atoms with Crippen LogP contribution in [0.5, 0.6) is 0 Å². The van der Waals surface area contributed by atoms with E-state index in [1.807, 2.05) is 24.3 Å². The quantitative estimate of drug-likeness (QED) is 0.838. The lowest BCUT2D eigenvalue weighted by Gasteiger charge is -2.16. The number of aromatic amines is 1. The zero-order valence-electron chi connectivity index (χ0n) is 8.98. The van der Waals surface area contributed by atoms with E-state index in [1.54, 1.807) is 0 Å². The van der Waals surface area contributed by atoms with Crippen molar-refractivity contribution in [1.82, 2.24) is 9.97 Å². The van der Waals surface area contributed by atoms with E-state index in [0.717, 1.165) is 16.9 Å². The second-order valence-electron chi connectivity index (χ2n) is 3.99. The Bertz CT molecular complexity index is 606. The predicted octanol–water partition coefficient (Wildman–Crippen LogP) is 1.94. The van der Waals surface area contributed by atoms with Crippen molar-refractivity contribution in [3.05, 3.63) is 57.2 Å². The van der Waals surface area contributed by atoms with Gasteiger partial charge in [0, 0.05) is 10.7 Å². The lowest BCUT2D eigenvalue weighted by Crippen LogP contribution is -2.17. The second-order valence-corrected chi connectivity index (χ2v) is 4.43. The Balaban J connectivity index is 1.94. The number of H-pyrrole nitrogens is 1. The van der Waals surface area contributed by atoms with Gasteiger partial charge in [0.05, 0.1) is 30.7 Å². The first kappa shape index (κ1) is 10.4. The molecule has 0 fully saturated rings. The Morgan fingerprint density at radius 1 is 1.24 bits per heavy atom. The van der Waals surface area contributed by atoms with Crippen LogP contribution in [-0.4, -0.2) is 9.97 Å². The molecule has 1 aliphatic rings. The van der Waals surface area contributed by atoms with Gasteiger partial charge >= 0.3 is 0 Å². The molecule has 0 bridgehead atoms. The van der Waals surface area contributed by atoms with Crippen LogP contribution in [0.4, 0.5) is 5.69 Å². The van der Waals surface area contributed by atoms with E-state index in [9.17, 15) is 4.79 Å². The largest absolute Gasteiger partial charge is 0.361 e. The van der Waals surface area contributed by atoms with Crippen molar-refractivity contribution >= 4 is 17.3 Å². The van der Waals surface area contributed by atoms with Gasteiger partial charge in [0.25, 0.3) is 5.56 Å². The van der Waals surface area contributed by atoms with Crippen LogP contribution in [-0.2, 0) is 13.1 Å². The van der Waals surface area contributed by atoms with Crippen molar-refractivity contribution in [2.75, 3.05) is 4.90 Å². The Morgan fingerprint density at radius 3 is 2.71 bits per heavy atom. The number of hydrogen-bond donors (Lipinski definition) is 1. The molecule has 0 atom stereocenters. The first-order valence-corrected chi connectivity index (χ1v) is 5.68. The monoisotopic (exact) mass is 247 g/mol. The summed E-state index contributed by atoms with van der Waals surface area (Å²) in [5, 5.41) is 0.710. The zero-order valence-corrected chi connectivity index (χ0v) is 9.74. The highest BCUT2D eigenvalue weighted by Crippen LogP contribution is 2.25. The fraction of sp³-hybridized carbons (Fsp3) is 0.167. The number of hydrogen-bond acceptors (Lipinski definition) is 3. The Kier molecular flexibility index (Phi) is 2.37. The smallest absolute Gasteiger partial charge is 0.256 e. The minimum absolute atomic E-state index is 0.0496. The number of anilines is 1. The topological polar surface area (TPSA) is 49.0 Å². The van der Waals surface area contributed by atoms with E-state index < -0.39 is 0 Å². The fourth-order valence-corrected chi connectivity index (χ4v) is 2.15. The molecule has 1 aromatic carbocycles. The molecular weight excluding hydrogens is 238 g/mol. The maximum Gasteiger partial charge on any atom is 0.256 e. The van der Waals surface area contributed by atoms with Crippen molar-refractivity contribution in [3.63, 3.8) is 0 Å². The highest BCUT2D eigenvalue weighted by atomic mass is 35.5. The van der Waals surface area contributed by atoms with Crippen molar-refractivity contribution in [3.8, 4) is 0 Å². The first-order chi connectivity index (χ1) is 8.24. The summed E-state index contributed by atoms with van der Waals surface area (Å²) in [6.07, 6.45) is 1.45. The molecule has 0 unspecified atom stereocenters. The SMILES string of the molecule is O=c1[nH]cnc2c1CN(c1ccc(Cl)cc1)C2. The van der Waals surface area contributed by atoms with Gasteiger partial charge in [-0.05, 0) is 24.3 Å². The number of benzene rings is 1. The molecule has 0 saturated carbocycles. The molecule has 0 aliphatic carbocycles. The normalized spacial score (nSPS) is 13.8. The minimum Gasteiger partial charge on any atom is -0.361 e. The van der Waals surface area contributed by atoms with Crippen LogP contribution in [0.1, 0.15) is 11.3 Å². The molecule has 0 spiro atoms. The highest BCUT2D eigenvalue weighted by molar-refractivity contribution is 6.30. The highest BCUT2D eigenvalue weighted by Gasteiger charge is 2.22. The van der Waals surface area contributed by atoms with E-state index in [1.165, 1.54) is 6.33 Å². The van der Waals surface area contributed by atoms with Crippen molar-refractivity contribution in [2.24, 2.45) is 0 Å². The molecule has 5 heteroatoms. The predicted molar refractivity (Wildman–Crippen MR) is 66.2 cm³/mol. The Morgan fingerprint density at radius 2 is 2.00 bits per heavy atom. The Hall–Kier alpha value is -1.81. The Labute approximate surface area is 103 Å². The summed E-state index contributed by atoms with van der Waals surface area (Å²) in [4.78, 5) is 20.5. The molecule has 0 radical (unpaired) electrons. The van der Waals surface area contributed by atoms with Crippen molar-refractivity contribution in [1.29, 1.82) is 0 Å². The van der Waals surface area contributed by atoms with Crippen molar-refractivity contribution < 1.29 is 0 Å². The minimum atomic E-state index is -0.0496. The van der Waals surface area contributed by atoms with E-state index in [2.05, 4.69) is 14.9 Å². The summed E-state index contributed by atoms with van der Waals surface area (Å²) >= 11 is 5.85. The van der Waals surface area contributed by atoms with E-state index in [0.29, 0.717) is 18.1 Å². The van der Waals surface area contributed by atoms with Gasteiger partial charge in [-0.25, -0.2) is 4.98 Å². The number of fused-ring (bicyclic) bond motifs is 1. The first-order valence-electron chi connectivity index (χ1n) is 5.30. The number of nitrogens with one attached hydrogen (secondary N) is 1. The molecular formula is C12H10ClN3O. The number of rotatable bonds is 1. The van der Waals surface area contributed by atoms with Crippen LogP contribution in [0.25, 0.3) is 0 Å². The standard InChI is InChI=1S/C12H10ClN3O/c13-8-1-3-9(4-2-8)16-5-10-11(6-16)14-7-15-12(10)17/h1-4,7H,5-6H2,(H,14,15,17). The fourth-order valence-electron chi connectivity index (χ4n) is 2.03. The molecule has 86 valence electrons. The van der Waals surface area contributed by atoms with Gasteiger partial charge in [-0.1, -0.05) is 11.6 Å². The summed E-state index contributed by atoms with van der Waals surface area (Å²) in [6, 6.07) is 7.58. The average Bonchev–Trinajstić information content (AvgIpc) is 2.75. The average molecular weight is 248 g/mol. The van der Waals surface area contributed by atoms with Crippen LogP contribution in [0.2, 0.25) is 5.02 Å². The van der Waals surface area contributed by atoms with E-state index >= 15 is 0 Å². The lowest BCUT2D eigenvalue weighted by atomic mass is 10.3. The molecule has 0 amide bonds. The van der Waals surface area contributed by atoms with Gasteiger partial charge < -0.3 is 9.88 Å². The molecule has 1 aliphatic heterocycles. The van der Waals surface area contributed by atoms with Gasteiger partial charge in [0.2, 0.25) is 0 Å². The van der Waals surface area contributed by atoms with E-state index in [4.69, 9.17) is 11.6 Å². The van der Waals surface area contributed by atoms with Crippen LogP contribution >= 0.6 is 11.6 Å². The van der Waals surface area contributed by atoms with Crippen LogP contribution in [0, 0.1) is 0 Å². The molecule has 2 heterocycles. The third-order valence-electron chi connectivity index (χ3n) is 2.92. The third kappa shape index (κ3) is 1.80. The molecule has 3 rings (SSSR count). The van der Waals surface area contributed by atoms with Gasteiger partial charge in [-0.15, -0.1) is 0 Å². The number of aromatic nitrogens is 2. The summed E-state index contributed by atoms with van der Waals surface area (Å²) in [6.45, 7) is 1.26. The summed E-state index contributed by atoms with van der Waals surface area (Å²) in [5.74, 6) is 0. The maximum absolute atomic E-state index is 11.6. The van der Waals surface area contributed by atoms with Crippen LogP contribution < -0.4 is 10.5 Å². The molecule has 17 heavy (non-hydrogen) atoms. The van der Waals surface area contributed by atoms with E-state index in [-0.39, 0.29) is 5.56 Å². The third-order valence-corrected chi connectivity index (χ3v) is 3.17. The van der Waals surface area contributed by atoms with Gasteiger partial charge in [-0.3, -0.25) is 4.79 Å². The second kappa shape index (κ2) is 3.89. The van der Waals surface area contributed by atoms with Crippen molar-refractivity contribution in [2.45, 2.75) is 13.1 Å². The number of halogens is 1. The van der Waals surface area contributed by atoms with Crippen LogP contribution in [0.3, 0.4) is 0 Å². The maximum atomic E-state index is 11.6. The van der Waals surface area contributed by atoms with Gasteiger partial charge in [0.15, 0.2) is 0 Å². The molecule has 1 aromatic heterocycles. The van der Waals surface area contributed by atoms with Gasteiger partial charge in [0.1, 0.15) is 0 Å². The summed E-state index contributed by atoms with van der Waals surface area (Å²) in [5.41, 5.74) is 2.60. The zero-order chi connectivity index (χ0) is 11.8. The van der Waals surface area contributed by atoms with Gasteiger partial charge in [-0.2, -0.15) is 0 Å². The summed E-state index contributed by atoms with van der Waals surface area (Å²) < 4.78 is 0. The molecule has 0 saturated heterocycles. The molecule has 1 N–H and O–H groups in total.